The van der Waals surface area contributed by atoms with E-state index in [0.29, 0.717) is 6.42 Å². The van der Waals surface area contributed by atoms with Crippen molar-refractivity contribution in [1.82, 2.24) is 10.2 Å². The lowest BCUT2D eigenvalue weighted by Crippen LogP contribution is -2.66. The van der Waals surface area contributed by atoms with Gasteiger partial charge in [-0.25, -0.2) is 0 Å². The summed E-state index contributed by atoms with van der Waals surface area (Å²) in [6.07, 6.45) is 2.45. The third kappa shape index (κ3) is 2.68. The predicted octanol–water partition coefficient (Wildman–Crippen LogP) is 1.94. The van der Waals surface area contributed by atoms with Crippen molar-refractivity contribution in [2.24, 2.45) is 5.92 Å². The smallest absolute Gasteiger partial charge is 0.246 e. The second-order valence-corrected chi connectivity index (χ2v) is 5.37. The summed E-state index contributed by atoms with van der Waals surface area (Å²) in [4.78, 5) is 26.5. The third-order valence-corrected chi connectivity index (χ3v) is 3.81. The lowest BCUT2D eigenvalue weighted by molar-refractivity contribution is -0.154. The maximum absolute atomic E-state index is 12.5. The van der Waals surface area contributed by atoms with Gasteiger partial charge in [-0.05, 0) is 25.2 Å². The van der Waals surface area contributed by atoms with E-state index in [1.54, 1.807) is 0 Å². The minimum atomic E-state index is -0.340. The molecule has 0 aromatic heterocycles. The predicted molar refractivity (Wildman–Crippen MR) is 72.1 cm³/mol. The summed E-state index contributed by atoms with van der Waals surface area (Å²) in [5, 5.41) is 2.85. The van der Waals surface area contributed by atoms with Gasteiger partial charge in [0.2, 0.25) is 11.8 Å². The standard InChI is InChI=1S/C14H26N2O2/c1-6-10(7-2)16-12(9(4)5)13(17)15-11(8-3)14(16)18/h9-12H,6-8H2,1-5H3,(H,15,17). The van der Waals surface area contributed by atoms with Crippen LogP contribution in [0.1, 0.15) is 53.9 Å². The first-order valence-corrected chi connectivity index (χ1v) is 7.10. The van der Waals surface area contributed by atoms with Crippen LogP contribution in [0.4, 0.5) is 0 Å². The molecule has 0 saturated carbocycles. The molecule has 0 aromatic rings. The molecular formula is C14H26N2O2. The normalized spacial score (nSPS) is 24.9. The molecule has 1 rings (SSSR count). The maximum Gasteiger partial charge on any atom is 0.246 e. The van der Waals surface area contributed by atoms with E-state index in [1.807, 2.05) is 25.7 Å². The van der Waals surface area contributed by atoms with Gasteiger partial charge in [0.1, 0.15) is 12.1 Å². The fourth-order valence-corrected chi connectivity index (χ4v) is 2.75. The molecule has 0 aromatic carbocycles. The van der Waals surface area contributed by atoms with E-state index in [1.165, 1.54) is 0 Å². The Morgan fingerprint density at radius 1 is 1.17 bits per heavy atom. The summed E-state index contributed by atoms with van der Waals surface area (Å²) < 4.78 is 0. The van der Waals surface area contributed by atoms with Gasteiger partial charge >= 0.3 is 0 Å². The van der Waals surface area contributed by atoms with Crippen molar-refractivity contribution in [2.75, 3.05) is 0 Å². The molecule has 1 aliphatic heterocycles. The summed E-state index contributed by atoms with van der Waals surface area (Å²) in [5.41, 5.74) is 0. The highest BCUT2D eigenvalue weighted by molar-refractivity contribution is 5.97. The minimum absolute atomic E-state index is 0.00310. The summed E-state index contributed by atoms with van der Waals surface area (Å²) in [6, 6.07) is -0.483. The Kier molecular flexibility index (Phi) is 5.17. The molecule has 0 bridgehead atoms. The lowest BCUT2D eigenvalue weighted by Gasteiger charge is -2.44. The third-order valence-electron chi connectivity index (χ3n) is 3.81. The summed E-state index contributed by atoms with van der Waals surface area (Å²) in [7, 11) is 0. The monoisotopic (exact) mass is 254 g/mol. The van der Waals surface area contributed by atoms with E-state index in [4.69, 9.17) is 0 Å². The van der Waals surface area contributed by atoms with Gasteiger partial charge in [0.15, 0.2) is 0 Å². The molecular weight excluding hydrogens is 228 g/mol. The van der Waals surface area contributed by atoms with Gasteiger partial charge in [-0.1, -0.05) is 34.6 Å². The van der Waals surface area contributed by atoms with Crippen molar-refractivity contribution in [3.63, 3.8) is 0 Å². The average molecular weight is 254 g/mol. The van der Waals surface area contributed by atoms with Crippen LogP contribution in [-0.4, -0.2) is 34.8 Å². The Bertz CT molecular complexity index is 311. The number of carbonyl (C=O) groups excluding carboxylic acids is 2. The van der Waals surface area contributed by atoms with Crippen LogP contribution in [0.2, 0.25) is 0 Å². The van der Waals surface area contributed by atoms with E-state index >= 15 is 0 Å². The second-order valence-electron chi connectivity index (χ2n) is 5.37. The molecule has 1 saturated heterocycles. The number of nitrogens with one attached hydrogen (secondary N) is 1. The van der Waals surface area contributed by atoms with E-state index < -0.39 is 0 Å². The highest BCUT2D eigenvalue weighted by Gasteiger charge is 2.43. The average Bonchev–Trinajstić information content (AvgIpc) is 2.33. The molecule has 1 N–H and O–H groups in total. The first kappa shape index (κ1) is 15.0. The van der Waals surface area contributed by atoms with Crippen molar-refractivity contribution in [3.8, 4) is 0 Å². The summed E-state index contributed by atoms with van der Waals surface area (Å²) >= 11 is 0. The number of hydrogen-bond donors (Lipinski definition) is 1. The van der Waals surface area contributed by atoms with Gasteiger partial charge in [-0.15, -0.1) is 0 Å². The Morgan fingerprint density at radius 2 is 1.72 bits per heavy atom. The maximum atomic E-state index is 12.5. The van der Waals surface area contributed by atoms with Gasteiger partial charge in [0.05, 0.1) is 0 Å². The van der Waals surface area contributed by atoms with Crippen LogP contribution < -0.4 is 5.32 Å². The molecule has 1 aliphatic rings. The zero-order valence-corrected chi connectivity index (χ0v) is 12.2. The second kappa shape index (κ2) is 6.21. The summed E-state index contributed by atoms with van der Waals surface area (Å²) in [5.74, 6) is 0.236. The van der Waals surface area contributed by atoms with Crippen molar-refractivity contribution in [3.05, 3.63) is 0 Å². The minimum Gasteiger partial charge on any atom is -0.343 e. The van der Waals surface area contributed by atoms with E-state index in [-0.39, 0.29) is 35.9 Å². The largest absolute Gasteiger partial charge is 0.343 e. The lowest BCUT2D eigenvalue weighted by atomic mass is 9.93. The molecule has 2 amide bonds. The van der Waals surface area contributed by atoms with E-state index in [9.17, 15) is 9.59 Å². The zero-order valence-electron chi connectivity index (χ0n) is 12.2. The molecule has 2 atom stereocenters. The molecule has 1 heterocycles. The number of carbonyl (C=O) groups is 2. The van der Waals surface area contributed by atoms with Crippen LogP contribution in [0, 0.1) is 5.92 Å². The van der Waals surface area contributed by atoms with Gasteiger partial charge in [0, 0.05) is 6.04 Å². The fraction of sp³-hybridized carbons (Fsp3) is 0.857. The van der Waals surface area contributed by atoms with Crippen LogP contribution in [-0.2, 0) is 9.59 Å². The van der Waals surface area contributed by atoms with Crippen LogP contribution in [0.5, 0.6) is 0 Å². The molecule has 4 nitrogen and oxygen atoms in total. The quantitative estimate of drug-likeness (QED) is 0.815. The van der Waals surface area contributed by atoms with Gasteiger partial charge in [0.25, 0.3) is 0 Å². The SMILES string of the molecule is CCC1NC(=O)C(C(C)C)N(C(CC)CC)C1=O. The zero-order chi connectivity index (χ0) is 13.9. The number of rotatable bonds is 5. The first-order chi connectivity index (χ1) is 8.47. The van der Waals surface area contributed by atoms with Gasteiger partial charge in [-0.3, -0.25) is 9.59 Å². The summed E-state index contributed by atoms with van der Waals surface area (Å²) in [6.45, 7) is 10.1. The van der Waals surface area contributed by atoms with Crippen LogP contribution in [0.3, 0.4) is 0 Å². The van der Waals surface area contributed by atoms with Crippen molar-refractivity contribution in [1.29, 1.82) is 0 Å². The molecule has 4 heteroatoms. The van der Waals surface area contributed by atoms with Crippen LogP contribution >= 0.6 is 0 Å². The number of amides is 2. The molecule has 0 spiro atoms. The number of hydrogen-bond acceptors (Lipinski definition) is 2. The van der Waals surface area contributed by atoms with Crippen molar-refractivity contribution >= 4 is 11.8 Å². The fourth-order valence-electron chi connectivity index (χ4n) is 2.75. The van der Waals surface area contributed by atoms with Gasteiger partial charge in [-0.2, -0.15) is 0 Å². The molecule has 1 fully saturated rings. The van der Waals surface area contributed by atoms with Crippen molar-refractivity contribution in [2.45, 2.75) is 72.0 Å². The highest BCUT2D eigenvalue weighted by Crippen LogP contribution is 2.24. The van der Waals surface area contributed by atoms with E-state index in [0.717, 1.165) is 12.8 Å². The van der Waals surface area contributed by atoms with Crippen LogP contribution in [0.15, 0.2) is 0 Å². The Labute approximate surface area is 110 Å². The first-order valence-electron chi connectivity index (χ1n) is 7.10. The van der Waals surface area contributed by atoms with Crippen LogP contribution in [0.25, 0.3) is 0 Å². The molecule has 0 radical (unpaired) electrons. The number of piperazine rings is 1. The molecule has 104 valence electrons. The van der Waals surface area contributed by atoms with Gasteiger partial charge < -0.3 is 10.2 Å². The Hall–Kier alpha value is -1.06. The molecule has 18 heavy (non-hydrogen) atoms. The Morgan fingerprint density at radius 3 is 2.11 bits per heavy atom. The topological polar surface area (TPSA) is 49.4 Å². The highest BCUT2D eigenvalue weighted by atomic mass is 16.2. The molecule has 2 unspecified atom stereocenters. The molecule has 0 aliphatic carbocycles. The van der Waals surface area contributed by atoms with Crippen molar-refractivity contribution < 1.29 is 9.59 Å². The number of nitrogens with zero attached hydrogens (tertiary/aromatic N) is 1. The van der Waals surface area contributed by atoms with E-state index in [2.05, 4.69) is 19.2 Å². The Balaban J connectivity index is 3.08.